The summed E-state index contributed by atoms with van der Waals surface area (Å²) >= 11 is 0. The second-order valence-corrected chi connectivity index (χ2v) is 14.5. The van der Waals surface area contributed by atoms with Gasteiger partial charge in [-0.15, -0.1) is 0 Å². The van der Waals surface area contributed by atoms with Crippen LogP contribution < -0.4 is 4.90 Å². The summed E-state index contributed by atoms with van der Waals surface area (Å²) in [6.07, 6.45) is 0. The maximum Gasteiger partial charge on any atom is 0.143 e. The first kappa shape index (κ1) is 32.8. The molecule has 0 bridgehead atoms. The molecule has 0 saturated heterocycles. The predicted octanol–water partition coefficient (Wildman–Crippen LogP) is 15.2. The van der Waals surface area contributed by atoms with Crippen molar-refractivity contribution < 1.29 is 4.42 Å². The van der Waals surface area contributed by atoms with Gasteiger partial charge in [0.05, 0.1) is 16.7 Å². The fourth-order valence-electron chi connectivity index (χ4n) is 8.55. The number of fused-ring (bicyclic) bond motifs is 6. The lowest BCUT2D eigenvalue weighted by Crippen LogP contribution is -2.09. The lowest BCUT2D eigenvalue weighted by atomic mass is 9.97. The van der Waals surface area contributed by atoms with Gasteiger partial charge in [0.15, 0.2) is 0 Å². The average Bonchev–Trinajstić information content (AvgIpc) is 3.84. The largest absolute Gasteiger partial charge is 0.455 e. The van der Waals surface area contributed by atoms with Crippen molar-refractivity contribution in [1.82, 2.24) is 4.57 Å². The predicted molar refractivity (Wildman–Crippen MR) is 239 cm³/mol. The number of aromatic nitrogens is 1. The topological polar surface area (TPSA) is 21.3 Å². The molecule has 0 fully saturated rings. The molecular formula is C54H36N2O. The molecule has 0 aliphatic rings. The SMILES string of the molecule is c1ccc(-c2ccc(-c3ccc(N(c4ccccc4)c4cccc(-c5cccc6c5oc5ccccc56)c4)cc3)c(-n3c4ccccc4c4ccccc43)c2)cc1. The Hall–Kier alpha value is -7.62. The van der Waals surface area contributed by atoms with Gasteiger partial charge in [-0.1, -0.05) is 158 Å². The van der Waals surface area contributed by atoms with E-state index in [0.717, 1.165) is 61.4 Å². The van der Waals surface area contributed by atoms with E-state index in [1.54, 1.807) is 0 Å². The molecule has 0 unspecified atom stereocenters. The van der Waals surface area contributed by atoms with Crippen LogP contribution in [0.4, 0.5) is 17.1 Å². The molecule has 0 amide bonds. The summed E-state index contributed by atoms with van der Waals surface area (Å²) in [5.41, 5.74) is 15.4. The minimum absolute atomic E-state index is 0.901. The summed E-state index contributed by atoms with van der Waals surface area (Å²) in [6, 6.07) is 78.1. The Morgan fingerprint density at radius 1 is 0.333 bits per heavy atom. The lowest BCUT2D eigenvalue weighted by molar-refractivity contribution is 0.670. The first-order valence-corrected chi connectivity index (χ1v) is 19.4. The number of anilines is 3. The number of benzene rings is 9. The molecule has 2 aromatic heterocycles. The second-order valence-electron chi connectivity index (χ2n) is 14.5. The molecule has 0 aliphatic carbocycles. The Morgan fingerprint density at radius 3 is 1.65 bits per heavy atom. The zero-order valence-corrected chi connectivity index (χ0v) is 31.1. The second kappa shape index (κ2) is 13.6. The van der Waals surface area contributed by atoms with Gasteiger partial charge in [0.25, 0.3) is 0 Å². The van der Waals surface area contributed by atoms with Crippen LogP contribution in [-0.2, 0) is 0 Å². The standard InChI is InChI=1S/C54H36N2O/c1-3-15-37(16-4-1)39-31-34-44(52(36-39)56-50-26-10-7-21-46(50)47-22-8-11-27-51(47)56)38-29-32-42(33-30-38)55(41-18-5-2-6-19-41)43-20-13-17-40(35-43)45-24-14-25-49-48-23-9-12-28-53(48)57-54(45)49/h1-36H. The van der Waals surface area contributed by atoms with Crippen LogP contribution in [0.2, 0.25) is 0 Å². The number of furan rings is 1. The van der Waals surface area contributed by atoms with Crippen molar-refractivity contribution in [2.45, 2.75) is 0 Å². The van der Waals surface area contributed by atoms with Crippen molar-refractivity contribution in [2.24, 2.45) is 0 Å². The Balaban J connectivity index is 1.05. The normalized spacial score (nSPS) is 11.5. The van der Waals surface area contributed by atoms with Crippen molar-refractivity contribution in [3.05, 3.63) is 218 Å². The smallest absolute Gasteiger partial charge is 0.143 e. The summed E-state index contributed by atoms with van der Waals surface area (Å²) in [5, 5.41) is 4.75. The van der Waals surface area contributed by atoms with Crippen molar-refractivity contribution in [3.63, 3.8) is 0 Å². The summed E-state index contributed by atoms with van der Waals surface area (Å²) in [4.78, 5) is 2.33. The van der Waals surface area contributed by atoms with E-state index in [2.05, 4.69) is 216 Å². The van der Waals surface area contributed by atoms with E-state index >= 15 is 0 Å². The summed E-state index contributed by atoms with van der Waals surface area (Å²) in [6.45, 7) is 0. The molecule has 11 rings (SSSR count). The summed E-state index contributed by atoms with van der Waals surface area (Å²) < 4.78 is 8.90. The zero-order valence-electron chi connectivity index (χ0n) is 31.1. The van der Waals surface area contributed by atoms with Crippen molar-refractivity contribution in [3.8, 4) is 39.1 Å². The van der Waals surface area contributed by atoms with Gasteiger partial charge in [-0.3, -0.25) is 0 Å². The van der Waals surface area contributed by atoms with E-state index in [0.29, 0.717) is 0 Å². The van der Waals surface area contributed by atoms with E-state index in [9.17, 15) is 0 Å². The van der Waals surface area contributed by atoms with E-state index in [1.807, 2.05) is 12.1 Å². The minimum atomic E-state index is 0.901. The van der Waals surface area contributed by atoms with Crippen LogP contribution in [0, 0.1) is 0 Å². The molecular weight excluding hydrogens is 693 g/mol. The molecule has 0 atom stereocenters. The molecule has 3 nitrogen and oxygen atoms in total. The van der Waals surface area contributed by atoms with Crippen LogP contribution in [0.5, 0.6) is 0 Å². The van der Waals surface area contributed by atoms with E-state index in [1.165, 1.54) is 38.5 Å². The Labute approximate surface area is 330 Å². The van der Waals surface area contributed by atoms with E-state index in [-0.39, 0.29) is 0 Å². The molecule has 0 N–H and O–H groups in total. The lowest BCUT2D eigenvalue weighted by Gasteiger charge is -2.26. The zero-order chi connectivity index (χ0) is 37.7. The van der Waals surface area contributed by atoms with Crippen LogP contribution in [0.3, 0.4) is 0 Å². The van der Waals surface area contributed by atoms with Gasteiger partial charge in [0, 0.05) is 49.7 Å². The Kier molecular flexibility index (Phi) is 7.82. The molecule has 3 heteroatoms. The van der Waals surface area contributed by atoms with Crippen molar-refractivity contribution >= 4 is 60.8 Å². The maximum absolute atomic E-state index is 6.46. The van der Waals surface area contributed by atoms with Crippen LogP contribution in [0.25, 0.3) is 82.8 Å². The molecule has 2 heterocycles. The number of nitrogens with zero attached hydrogens (tertiary/aromatic N) is 2. The van der Waals surface area contributed by atoms with E-state index < -0.39 is 0 Å². The summed E-state index contributed by atoms with van der Waals surface area (Å²) in [5.74, 6) is 0. The van der Waals surface area contributed by atoms with Gasteiger partial charge < -0.3 is 13.9 Å². The van der Waals surface area contributed by atoms with Gasteiger partial charge in [0.2, 0.25) is 0 Å². The number of rotatable bonds is 7. The fourth-order valence-corrected chi connectivity index (χ4v) is 8.55. The molecule has 57 heavy (non-hydrogen) atoms. The highest BCUT2D eigenvalue weighted by molar-refractivity contribution is 6.11. The van der Waals surface area contributed by atoms with Gasteiger partial charge in [-0.25, -0.2) is 0 Å². The highest BCUT2D eigenvalue weighted by Crippen LogP contribution is 2.42. The van der Waals surface area contributed by atoms with Crippen molar-refractivity contribution in [1.29, 1.82) is 0 Å². The van der Waals surface area contributed by atoms with Crippen LogP contribution >= 0.6 is 0 Å². The maximum atomic E-state index is 6.46. The fraction of sp³-hybridized carbons (Fsp3) is 0. The first-order chi connectivity index (χ1) is 28.3. The third-order valence-electron chi connectivity index (χ3n) is 11.2. The Morgan fingerprint density at radius 2 is 0.895 bits per heavy atom. The minimum Gasteiger partial charge on any atom is -0.455 e. The Bertz CT molecular complexity index is 3180. The van der Waals surface area contributed by atoms with Gasteiger partial charge in [0.1, 0.15) is 11.2 Å². The number of hydrogen-bond acceptors (Lipinski definition) is 2. The molecule has 0 radical (unpaired) electrons. The molecule has 0 spiro atoms. The van der Waals surface area contributed by atoms with Gasteiger partial charge >= 0.3 is 0 Å². The monoisotopic (exact) mass is 728 g/mol. The first-order valence-electron chi connectivity index (χ1n) is 19.4. The quantitative estimate of drug-likeness (QED) is 0.163. The summed E-state index contributed by atoms with van der Waals surface area (Å²) in [7, 11) is 0. The molecule has 268 valence electrons. The molecule has 0 aliphatic heterocycles. The molecule has 11 aromatic rings. The van der Waals surface area contributed by atoms with Crippen LogP contribution in [0.15, 0.2) is 223 Å². The van der Waals surface area contributed by atoms with Crippen LogP contribution in [-0.4, -0.2) is 4.57 Å². The average molecular weight is 729 g/mol. The van der Waals surface area contributed by atoms with Gasteiger partial charge in [-0.2, -0.15) is 0 Å². The third kappa shape index (κ3) is 5.60. The highest BCUT2D eigenvalue weighted by atomic mass is 16.3. The highest BCUT2D eigenvalue weighted by Gasteiger charge is 2.19. The van der Waals surface area contributed by atoms with E-state index in [4.69, 9.17) is 4.42 Å². The molecule has 9 aromatic carbocycles. The molecule has 0 saturated carbocycles. The number of hydrogen-bond donors (Lipinski definition) is 0. The van der Waals surface area contributed by atoms with Crippen molar-refractivity contribution in [2.75, 3.05) is 4.90 Å². The van der Waals surface area contributed by atoms with Crippen LogP contribution in [0.1, 0.15) is 0 Å². The van der Waals surface area contributed by atoms with Gasteiger partial charge in [-0.05, 0) is 82.9 Å². The number of para-hydroxylation sites is 5. The third-order valence-corrected chi connectivity index (χ3v) is 11.2.